The maximum atomic E-state index is 11.0. The number of ether oxygens (including phenoxy) is 1. The minimum Gasteiger partial charge on any atom is -0.469 e. The number of carbonyl (C=O) groups is 1. The Morgan fingerprint density at radius 2 is 2.00 bits per heavy atom. The summed E-state index contributed by atoms with van der Waals surface area (Å²) in [6.45, 7) is 0. The van der Waals surface area contributed by atoms with Gasteiger partial charge in [0.1, 0.15) is 0 Å². The summed E-state index contributed by atoms with van der Waals surface area (Å²) in [6.07, 6.45) is 0.0499. The number of hydrogen-bond acceptors (Lipinski definition) is 5. The summed E-state index contributed by atoms with van der Waals surface area (Å²) in [6, 6.07) is 5.27. The van der Waals surface area contributed by atoms with E-state index >= 15 is 0 Å². The molecule has 6 nitrogen and oxygen atoms in total. The van der Waals surface area contributed by atoms with Crippen molar-refractivity contribution >= 4 is 24.1 Å². The zero-order valence-corrected chi connectivity index (χ0v) is 9.98. The molecule has 0 unspecified atom stereocenters. The van der Waals surface area contributed by atoms with E-state index in [-0.39, 0.29) is 24.5 Å². The molecule has 0 aliphatic rings. The number of rotatable bonds is 4. The van der Waals surface area contributed by atoms with Gasteiger partial charge in [-0.3, -0.25) is 14.9 Å². The molecule has 0 radical (unpaired) electrons. The lowest BCUT2D eigenvalue weighted by molar-refractivity contribution is -0.384. The molecule has 0 saturated heterocycles. The highest BCUT2D eigenvalue weighted by atomic mass is 35.5. The molecule has 0 aliphatic heterocycles. The smallest absolute Gasteiger partial charge is 0.307 e. The number of nitrogens with two attached hydrogens (primary N) is 1. The van der Waals surface area contributed by atoms with Crippen molar-refractivity contribution in [2.24, 2.45) is 5.73 Å². The summed E-state index contributed by atoms with van der Waals surface area (Å²) in [5.74, 6) is -0.411. The largest absolute Gasteiger partial charge is 0.469 e. The van der Waals surface area contributed by atoms with Crippen molar-refractivity contribution < 1.29 is 14.5 Å². The molecule has 1 rings (SSSR count). The van der Waals surface area contributed by atoms with Crippen LogP contribution in [-0.4, -0.2) is 18.0 Å². The molecule has 0 amide bonds. The molecule has 94 valence electrons. The van der Waals surface area contributed by atoms with Crippen LogP contribution >= 0.6 is 12.4 Å². The maximum absolute atomic E-state index is 11.0. The maximum Gasteiger partial charge on any atom is 0.307 e. The van der Waals surface area contributed by atoms with Crippen LogP contribution in [0.25, 0.3) is 0 Å². The quantitative estimate of drug-likeness (QED) is 0.504. The number of nitro benzene ring substituents is 1. The van der Waals surface area contributed by atoms with Crippen molar-refractivity contribution in [3.63, 3.8) is 0 Å². The van der Waals surface area contributed by atoms with E-state index in [9.17, 15) is 14.9 Å². The number of nitrogens with zero attached hydrogens (tertiary/aromatic N) is 1. The van der Waals surface area contributed by atoms with Gasteiger partial charge < -0.3 is 10.5 Å². The Labute approximate surface area is 104 Å². The molecule has 7 heteroatoms. The number of carbonyl (C=O) groups excluding carboxylic acids is 1. The van der Waals surface area contributed by atoms with Crippen LogP contribution in [-0.2, 0) is 9.53 Å². The van der Waals surface area contributed by atoms with Gasteiger partial charge in [0.2, 0.25) is 0 Å². The van der Waals surface area contributed by atoms with Crippen LogP contribution < -0.4 is 5.73 Å². The van der Waals surface area contributed by atoms with Gasteiger partial charge >= 0.3 is 5.97 Å². The third-order valence-corrected chi connectivity index (χ3v) is 2.15. The Morgan fingerprint density at radius 1 is 1.47 bits per heavy atom. The van der Waals surface area contributed by atoms with E-state index in [1.165, 1.54) is 31.4 Å². The molecule has 0 aliphatic carbocycles. The molecule has 1 atom stereocenters. The second kappa shape index (κ2) is 6.82. The summed E-state index contributed by atoms with van der Waals surface area (Å²) >= 11 is 0. The third-order valence-electron chi connectivity index (χ3n) is 2.15. The van der Waals surface area contributed by atoms with Crippen molar-refractivity contribution in [2.45, 2.75) is 12.5 Å². The SMILES string of the molecule is COC(=O)C[C@H](N)c1ccc([N+](=O)[O-])cc1.Cl. The molecule has 0 aromatic heterocycles. The lowest BCUT2D eigenvalue weighted by atomic mass is 10.0. The Hall–Kier alpha value is -1.66. The van der Waals surface area contributed by atoms with E-state index in [1.807, 2.05) is 0 Å². The Balaban J connectivity index is 0.00000256. The highest BCUT2D eigenvalue weighted by Crippen LogP contribution is 2.18. The van der Waals surface area contributed by atoms with Crippen molar-refractivity contribution in [3.8, 4) is 0 Å². The lowest BCUT2D eigenvalue weighted by Crippen LogP contribution is -2.16. The fourth-order valence-corrected chi connectivity index (χ4v) is 1.22. The van der Waals surface area contributed by atoms with Crippen LogP contribution in [0.1, 0.15) is 18.0 Å². The average molecular weight is 261 g/mol. The Morgan fingerprint density at radius 3 is 2.41 bits per heavy atom. The molecule has 2 N–H and O–H groups in total. The van der Waals surface area contributed by atoms with Crippen LogP contribution in [0.15, 0.2) is 24.3 Å². The number of non-ortho nitro benzene ring substituents is 1. The minimum absolute atomic E-state index is 0. The predicted octanol–water partition coefficient (Wildman–Crippen LogP) is 1.58. The molecule has 1 aromatic rings. The van der Waals surface area contributed by atoms with Crippen LogP contribution in [0.2, 0.25) is 0 Å². The second-order valence-electron chi connectivity index (χ2n) is 3.24. The Bertz CT molecular complexity index is 394. The fourth-order valence-electron chi connectivity index (χ4n) is 1.22. The highest BCUT2D eigenvalue weighted by molar-refractivity contribution is 5.85. The van der Waals surface area contributed by atoms with E-state index < -0.39 is 16.9 Å². The van der Waals surface area contributed by atoms with Gasteiger partial charge in [-0.2, -0.15) is 0 Å². The van der Waals surface area contributed by atoms with Crippen LogP contribution in [0, 0.1) is 10.1 Å². The molecule has 0 heterocycles. The van der Waals surface area contributed by atoms with Gasteiger partial charge in [-0.25, -0.2) is 0 Å². The highest BCUT2D eigenvalue weighted by Gasteiger charge is 2.13. The van der Waals surface area contributed by atoms with Gasteiger partial charge in [0.05, 0.1) is 18.5 Å². The summed E-state index contributed by atoms with van der Waals surface area (Å²) in [5.41, 5.74) is 6.38. The Kier molecular flexibility index (Phi) is 6.16. The molecule has 0 saturated carbocycles. The van der Waals surface area contributed by atoms with Crippen molar-refractivity contribution in [3.05, 3.63) is 39.9 Å². The standard InChI is InChI=1S/C10H12N2O4.ClH/c1-16-10(13)6-9(11)7-2-4-8(5-3-7)12(14)15;/h2-5,9H,6,11H2,1H3;1H/t9-;/m0./s1. The first kappa shape index (κ1) is 15.3. The molecule has 1 aromatic carbocycles. The average Bonchev–Trinajstić information content (AvgIpc) is 2.28. The normalized spacial score (nSPS) is 11.2. The molecule has 0 fully saturated rings. The first-order valence-corrected chi connectivity index (χ1v) is 4.61. The summed E-state index contributed by atoms with van der Waals surface area (Å²) < 4.78 is 4.48. The molecule has 0 spiro atoms. The second-order valence-corrected chi connectivity index (χ2v) is 3.24. The number of benzene rings is 1. The van der Waals surface area contributed by atoms with E-state index in [2.05, 4.69) is 4.74 Å². The number of nitro groups is 1. The summed E-state index contributed by atoms with van der Waals surface area (Å²) in [4.78, 5) is 20.9. The topological polar surface area (TPSA) is 95.5 Å². The van der Waals surface area contributed by atoms with Crippen molar-refractivity contribution in [2.75, 3.05) is 7.11 Å². The van der Waals surface area contributed by atoms with Crippen molar-refractivity contribution in [1.82, 2.24) is 0 Å². The van der Waals surface area contributed by atoms with Gasteiger partial charge in [0, 0.05) is 18.2 Å². The van der Waals surface area contributed by atoms with Gasteiger partial charge in [0.15, 0.2) is 0 Å². The van der Waals surface area contributed by atoms with E-state index in [0.717, 1.165) is 0 Å². The molecular formula is C10H13ClN2O4. The minimum atomic E-state index is -0.506. The van der Waals surface area contributed by atoms with E-state index in [4.69, 9.17) is 5.73 Å². The van der Waals surface area contributed by atoms with E-state index in [0.29, 0.717) is 5.56 Å². The van der Waals surface area contributed by atoms with Crippen LogP contribution in [0.5, 0.6) is 0 Å². The van der Waals surface area contributed by atoms with Gasteiger partial charge in [-0.05, 0) is 5.56 Å². The van der Waals surface area contributed by atoms with Gasteiger partial charge in [-0.15, -0.1) is 12.4 Å². The molecule has 17 heavy (non-hydrogen) atoms. The monoisotopic (exact) mass is 260 g/mol. The summed E-state index contributed by atoms with van der Waals surface area (Å²) in [5, 5.41) is 10.4. The molecular weight excluding hydrogens is 248 g/mol. The lowest BCUT2D eigenvalue weighted by Gasteiger charge is -2.09. The number of esters is 1. The first-order valence-electron chi connectivity index (χ1n) is 4.61. The van der Waals surface area contributed by atoms with Crippen LogP contribution in [0.4, 0.5) is 5.69 Å². The van der Waals surface area contributed by atoms with Gasteiger partial charge in [-0.1, -0.05) is 12.1 Å². The fraction of sp³-hybridized carbons (Fsp3) is 0.300. The zero-order chi connectivity index (χ0) is 12.1. The zero-order valence-electron chi connectivity index (χ0n) is 9.16. The van der Waals surface area contributed by atoms with Crippen molar-refractivity contribution in [1.29, 1.82) is 0 Å². The number of methoxy groups -OCH3 is 1. The summed E-state index contributed by atoms with van der Waals surface area (Å²) in [7, 11) is 1.28. The third kappa shape index (κ3) is 4.38. The van der Waals surface area contributed by atoms with Crippen LogP contribution in [0.3, 0.4) is 0 Å². The molecule has 0 bridgehead atoms. The number of hydrogen-bond donors (Lipinski definition) is 1. The van der Waals surface area contributed by atoms with E-state index in [1.54, 1.807) is 0 Å². The van der Waals surface area contributed by atoms with Gasteiger partial charge in [0.25, 0.3) is 5.69 Å². The number of halogens is 1. The first-order chi connectivity index (χ1) is 7.54. The predicted molar refractivity (Wildman–Crippen MR) is 63.9 cm³/mol.